The Bertz CT molecular complexity index is 328. The van der Waals surface area contributed by atoms with E-state index in [2.05, 4.69) is 17.2 Å². The second-order valence-electron chi connectivity index (χ2n) is 3.51. The maximum absolute atomic E-state index is 11.4. The summed E-state index contributed by atoms with van der Waals surface area (Å²) in [5.74, 6) is -0.0378. The standard InChI is InChI=1S/C10H16N4O/c1-6(11)8(5-13-2)9(12)14-10(15)7-3-4-7/h5,7,13H,1,3-4,11H2,2H3,(H2,12,14,15)/b8-5-. The SMILES string of the molecule is C=C(N)/C(=C/NC)C(=N)NC(=O)C1CC1. The molecule has 0 atom stereocenters. The summed E-state index contributed by atoms with van der Waals surface area (Å²) < 4.78 is 0. The summed E-state index contributed by atoms with van der Waals surface area (Å²) in [5, 5.41) is 12.9. The second-order valence-corrected chi connectivity index (χ2v) is 3.51. The monoisotopic (exact) mass is 208 g/mol. The van der Waals surface area contributed by atoms with Gasteiger partial charge in [0, 0.05) is 24.9 Å². The molecule has 1 saturated carbocycles. The molecule has 1 rings (SSSR count). The zero-order valence-corrected chi connectivity index (χ0v) is 8.76. The molecular weight excluding hydrogens is 192 g/mol. The van der Waals surface area contributed by atoms with Gasteiger partial charge in [0.2, 0.25) is 5.91 Å². The Labute approximate surface area is 88.9 Å². The van der Waals surface area contributed by atoms with Gasteiger partial charge in [-0.05, 0) is 12.8 Å². The normalized spacial score (nSPS) is 15.7. The van der Waals surface area contributed by atoms with Crippen molar-refractivity contribution in [3.63, 3.8) is 0 Å². The molecule has 5 nitrogen and oxygen atoms in total. The van der Waals surface area contributed by atoms with Gasteiger partial charge in [0.25, 0.3) is 0 Å². The molecule has 1 aliphatic rings. The van der Waals surface area contributed by atoms with Gasteiger partial charge in [-0.2, -0.15) is 0 Å². The fourth-order valence-electron chi connectivity index (χ4n) is 1.11. The number of rotatable bonds is 4. The Morgan fingerprint density at radius 2 is 2.20 bits per heavy atom. The molecule has 15 heavy (non-hydrogen) atoms. The van der Waals surface area contributed by atoms with Crippen molar-refractivity contribution in [1.82, 2.24) is 10.6 Å². The molecule has 0 bridgehead atoms. The Kier molecular flexibility index (Phi) is 3.49. The lowest BCUT2D eigenvalue weighted by molar-refractivity contribution is -0.120. The summed E-state index contributed by atoms with van der Waals surface area (Å²) >= 11 is 0. The van der Waals surface area contributed by atoms with Crippen LogP contribution in [0.3, 0.4) is 0 Å². The van der Waals surface area contributed by atoms with Gasteiger partial charge in [0.05, 0.1) is 5.57 Å². The van der Waals surface area contributed by atoms with Gasteiger partial charge in [-0.3, -0.25) is 10.2 Å². The van der Waals surface area contributed by atoms with Crippen molar-refractivity contribution < 1.29 is 4.79 Å². The summed E-state index contributed by atoms with van der Waals surface area (Å²) in [6.07, 6.45) is 3.36. The molecule has 0 aliphatic heterocycles. The lowest BCUT2D eigenvalue weighted by atomic mass is 10.2. The molecule has 5 N–H and O–H groups in total. The van der Waals surface area contributed by atoms with Crippen LogP contribution in [0.2, 0.25) is 0 Å². The second kappa shape index (κ2) is 4.63. The molecule has 0 saturated heterocycles. The van der Waals surface area contributed by atoms with E-state index in [9.17, 15) is 4.79 Å². The number of carbonyl (C=O) groups is 1. The van der Waals surface area contributed by atoms with E-state index >= 15 is 0 Å². The first-order valence-electron chi connectivity index (χ1n) is 4.78. The van der Waals surface area contributed by atoms with Crippen LogP contribution in [-0.2, 0) is 4.79 Å². The highest BCUT2D eigenvalue weighted by molar-refractivity contribution is 6.09. The van der Waals surface area contributed by atoms with Crippen molar-refractivity contribution in [2.24, 2.45) is 11.7 Å². The Morgan fingerprint density at radius 3 is 2.60 bits per heavy atom. The number of amides is 1. The summed E-state index contributed by atoms with van der Waals surface area (Å²) in [6, 6.07) is 0. The highest BCUT2D eigenvalue weighted by atomic mass is 16.2. The van der Waals surface area contributed by atoms with Gasteiger partial charge < -0.3 is 16.4 Å². The lowest BCUT2D eigenvalue weighted by Gasteiger charge is -2.09. The summed E-state index contributed by atoms with van der Waals surface area (Å²) in [5.41, 5.74) is 6.16. The number of amidine groups is 1. The van der Waals surface area contributed by atoms with Crippen LogP contribution in [0.5, 0.6) is 0 Å². The summed E-state index contributed by atoms with van der Waals surface area (Å²) in [6.45, 7) is 3.54. The minimum atomic E-state index is -0.108. The van der Waals surface area contributed by atoms with Crippen molar-refractivity contribution in [3.05, 3.63) is 24.0 Å². The molecule has 82 valence electrons. The third-order valence-corrected chi connectivity index (χ3v) is 2.10. The van der Waals surface area contributed by atoms with Crippen LogP contribution in [0, 0.1) is 11.3 Å². The van der Waals surface area contributed by atoms with Gasteiger partial charge in [0.1, 0.15) is 5.84 Å². The van der Waals surface area contributed by atoms with Gasteiger partial charge >= 0.3 is 0 Å². The van der Waals surface area contributed by atoms with E-state index in [4.69, 9.17) is 11.1 Å². The first-order valence-corrected chi connectivity index (χ1v) is 4.78. The van der Waals surface area contributed by atoms with Gasteiger partial charge in [0.15, 0.2) is 0 Å². The third kappa shape index (κ3) is 3.12. The molecule has 1 fully saturated rings. The fourth-order valence-corrected chi connectivity index (χ4v) is 1.11. The molecule has 0 aromatic heterocycles. The molecule has 5 heteroatoms. The number of nitrogens with two attached hydrogens (primary N) is 1. The number of carbonyl (C=O) groups excluding carboxylic acids is 1. The minimum Gasteiger partial charge on any atom is -0.399 e. The van der Waals surface area contributed by atoms with E-state index in [0.29, 0.717) is 5.57 Å². The van der Waals surface area contributed by atoms with Crippen molar-refractivity contribution in [2.45, 2.75) is 12.8 Å². The number of hydrogen-bond acceptors (Lipinski definition) is 4. The Hall–Kier alpha value is -1.78. The Balaban J connectivity index is 2.60. The molecule has 1 amide bonds. The van der Waals surface area contributed by atoms with Crippen molar-refractivity contribution in [3.8, 4) is 0 Å². The molecule has 0 aromatic carbocycles. The average molecular weight is 208 g/mol. The van der Waals surface area contributed by atoms with Gasteiger partial charge in [-0.25, -0.2) is 0 Å². The van der Waals surface area contributed by atoms with Gasteiger partial charge in [-0.15, -0.1) is 0 Å². The molecular formula is C10H16N4O. The van der Waals surface area contributed by atoms with Crippen LogP contribution in [0.4, 0.5) is 0 Å². The van der Waals surface area contributed by atoms with Crippen LogP contribution >= 0.6 is 0 Å². The number of hydrogen-bond donors (Lipinski definition) is 4. The Morgan fingerprint density at radius 1 is 1.60 bits per heavy atom. The maximum Gasteiger partial charge on any atom is 0.228 e. The first-order chi connectivity index (χ1) is 7.06. The van der Waals surface area contributed by atoms with Crippen LogP contribution in [0.15, 0.2) is 24.0 Å². The molecule has 0 unspecified atom stereocenters. The molecule has 1 aliphatic carbocycles. The predicted molar refractivity (Wildman–Crippen MR) is 59.1 cm³/mol. The fraction of sp³-hybridized carbons (Fsp3) is 0.400. The van der Waals surface area contributed by atoms with E-state index in [1.807, 2.05) is 0 Å². The topological polar surface area (TPSA) is 91.0 Å². The molecule has 0 radical (unpaired) electrons. The molecule has 0 heterocycles. The van der Waals surface area contributed by atoms with E-state index < -0.39 is 0 Å². The van der Waals surface area contributed by atoms with E-state index in [0.717, 1.165) is 12.8 Å². The van der Waals surface area contributed by atoms with Crippen LogP contribution in [0.25, 0.3) is 0 Å². The van der Waals surface area contributed by atoms with E-state index in [-0.39, 0.29) is 23.4 Å². The molecule has 0 aromatic rings. The van der Waals surface area contributed by atoms with Crippen molar-refractivity contribution >= 4 is 11.7 Å². The lowest BCUT2D eigenvalue weighted by Crippen LogP contribution is -2.34. The molecule has 0 spiro atoms. The zero-order chi connectivity index (χ0) is 11.4. The predicted octanol–water partition coefficient (Wildman–Crippen LogP) is 0.0656. The highest BCUT2D eigenvalue weighted by Gasteiger charge is 2.30. The van der Waals surface area contributed by atoms with Crippen molar-refractivity contribution in [1.29, 1.82) is 5.41 Å². The quantitative estimate of drug-likeness (QED) is 0.299. The maximum atomic E-state index is 11.4. The van der Waals surface area contributed by atoms with Crippen LogP contribution in [0.1, 0.15) is 12.8 Å². The van der Waals surface area contributed by atoms with Crippen LogP contribution in [-0.4, -0.2) is 18.8 Å². The summed E-state index contributed by atoms with van der Waals surface area (Å²) in [7, 11) is 1.69. The van der Waals surface area contributed by atoms with Crippen molar-refractivity contribution in [2.75, 3.05) is 7.05 Å². The minimum absolute atomic E-state index is 0.00579. The van der Waals surface area contributed by atoms with Crippen LogP contribution < -0.4 is 16.4 Å². The smallest absolute Gasteiger partial charge is 0.228 e. The zero-order valence-electron chi connectivity index (χ0n) is 8.76. The highest BCUT2D eigenvalue weighted by Crippen LogP contribution is 2.28. The first kappa shape index (κ1) is 11.3. The summed E-state index contributed by atoms with van der Waals surface area (Å²) in [4.78, 5) is 11.4. The largest absolute Gasteiger partial charge is 0.399 e. The van der Waals surface area contributed by atoms with E-state index in [1.165, 1.54) is 6.20 Å². The number of nitrogens with one attached hydrogen (secondary N) is 3. The van der Waals surface area contributed by atoms with E-state index in [1.54, 1.807) is 7.05 Å². The third-order valence-electron chi connectivity index (χ3n) is 2.10. The average Bonchev–Trinajstić information content (AvgIpc) is 2.95. The van der Waals surface area contributed by atoms with Gasteiger partial charge in [-0.1, -0.05) is 6.58 Å².